The zero-order valence-corrected chi connectivity index (χ0v) is 25.8. The SMILES string of the molecule is C=CC(=O)N1CC[C@@H](N(C)c2nc(OC[C@@]34CCCN3C[C@H](F)C4)nc3c(F)c(-c4nc(NC)cc(C)c4C(F)(F)F)ncc23)C1. The number of fused-ring (bicyclic) bond motifs is 2. The second kappa shape index (κ2) is 11.9. The van der Waals surface area contributed by atoms with E-state index in [9.17, 15) is 22.4 Å². The van der Waals surface area contributed by atoms with Gasteiger partial charge in [0.1, 0.15) is 41.3 Å². The van der Waals surface area contributed by atoms with E-state index < -0.39 is 40.7 Å². The minimum absolute atomic E-state index is 0.0653. The molecule has 1 N–H and O–H groups in total. The van der Waals surface area contributed by atoms with Gasteiger partial charge in [0.2, 0.25) is 5.91 Å². The Morgan fingerprint density at radius 1 is 1.24 bits per heavy atom. The van der Waals surface area contributed by atoms with E-state index in [0.29, 0.717) is 26.1 Å². The van der Waals surface area contributed by atoms with E-state index in [1.54, 1.807) is 16.8 Å². The highest BCUT2D eigenvalue weighted by Crippen LogP contribution is 2.42. The summed E-state index contributed by atoms with van der Waals surface area (Å²) in [5.74, 6) is -1.00. The van der Waals surface area contributed by atoms with E-state index in [2.05, 4.69) is 36.7 Å². The van der Waals surface area contributed by atoms with Gasteiger partial charge in [0.25, 0.3) is 0 Å². The number of nitrogens with zero attached hydrogens (tertiary/aromatic N) is 7. The molecule has 6 rings (SSSR count). The molecule has 3 aromatic heterocycles. The number of hydrogen-bond donors (Lipinski definition) is 1. The average molecular weight is 647 g/mol. The maximum Gasteiger partial charge on any atom is 0.418 e. The number of anilines is 2. The molecule has 15 heteroatoms. The fourth-order valence-electron chi connectivity index (χ4n) is 7.06. The third-order valence-corrected chi connectivity index (χ3v) is 9.39. The van der Waals surface area contributed by atoms with Crippen LogP contribution in [0.3, 0.4) is 0 Å². The summed E-state index contributed by atoms with van der Waals surface area (Å²) in [5.41, 5.74) is -3.41. The lowest BCUT2D eigenvalue weighted by Gasteiger charge is -2.31. The first-order chi connectivity index (χ1) is 21.8. The van der Waals surface area contributed by atoms with Gasteiger partial charge in [-0.3, -0.25) is 14.7 Å². The number of halogens is 5. The molecule has 0 unspecified atom stereocenters. The van der Waals surface area contributed by atoms with Crippen molar-refractivity contribution in [2.75, 3.05) is 57.1 Å². The molecule has 0 saturated carbocycles. The van der Waals surface area contributed by atoms with E-state index in [0.717, 1.165) is 19.4 Å². The van der Waals surface area contributed by atoms with E-state index >= 15 is 4.39 Å². The number of pyridine rings is 2. The Labute approximate surface area is 262 Å². The Kier molecular flexibility index (Phi) is 8.23. The second-order valence-corrected chi connectivity index (χ2v) is 12.2. The lowest BCUT2D eigenvalue weighted by atomic mass is 9.95. The molecule has 0 radical (unpaired) electrons. The van der Waals surface area contributed by atoms with Crippen LogP contribution in [0.1, 0.15) is 36.8 Å². The summed E-state index contributed by atoms with van der Waals surface area (Å²) in [6.07, 6.45) is -0.895. The summed E-state index contributed by atoms with van der Waals surface area (Å²) in [5, 5.41) is 2.86. The number of alkyl halides is 4. The molecule has 46 heavy (non-hydrogen) atoms. The first-order valence-corrected chi connectivity index (χ1v) is 15.1. The Morgan fingerprint density at radius 2 is 2.02 bits per heavy atom. The average Bonchev–Trinajstić information content (AvgIpc) is 3.73. The van der Waals surface area contributed by atoms with Crippen molar-refractivity contribution in [3.63, 3.8) is 0 Å². The molecule has 0 spiro atoms. The van der Waals surface area contributed by atoms with E-state index in [4.69, 9.17) is 4.74 Å². The summed E-state index contributed by atoms with van der Waals surface area (Å²) in [6, 6.07) is 0.803. The van der Waals surface area contributed by atoms with Crippen LogP contribution in [0.15, 0.2) is 24.9 Å². The lowest BCUT2D eigenvalue weighted by Crippen LogP contribution is -2.43. The molecule has 1 amide bonds. The van der Waals surface area contributed by atoms with Crippen LogP contribution in [0.4, 0.5) is 33.6 Å². The zero-order valence-electron chi connectivity index (χ0n) is 25.8. The van der Waals surface area contributed by atoms with Crippen LogP contribution in [0.25, 0.3) is 22.3 Å². The van der Waals surface area contributed by atoms with Crippen molar-refractivity contribution < 1.29 is 31.5 Å². The maximum atomic E-state index is 16.5. The molecule has 3 aromatic rings. The van der Waals surface area contributed by atoms with Gasteiger partial charge in [0.15, 0.2) is 5.82 Å². The number of carbonyl (C=O) groups excluding carboxylic acids is 1. The van der Waals surface area contributed by atoms with Crippen LogP contribution in [0.2, 0.25) is 0 Å². The predicted molar refractivity (Wildman–Crippen MR) is 162 cm³/mol. The minimum Gasteiger partial charge on any atom is -0.461 e. The van der Waals surface area contributed by atoms with Crippen LogP contribution in [-0.4, -0.2) is 100 Å². The summed E-state index contributed by atoms with van der Waals surface area (Å²) in [7, 11) is 3.23. The van der Waals surface area contributed by atoms with Gasteiger partial charge in [-0.1, -0.05) is 6.58 Å². The normalized spacial score (nSPS) is 23.2. The molecular weight excluding hydrogens is 611 g/mol. The molecule has 6 heterocycles. The fraction of sp³-hybridized carbons (Fsp3) is 0.516. The van der Waals surface area contributed by atoms with Crippen LogP contribution < -0.4 is 15.0 Å². The van der Waals surface area contributed by atoms with Gasteiger partial charge in [0, 0.05) is 52.4 Å². The topological polar surface area (TPSA) is 99.6 Å². The molecule has 3 aliphatic heterocycles. The monoisotopic (exact) mass is 646 g/mol. The summed E-state index contributed by atoms with van der Waals surface area (Å²) >= 11 is 0. The summed E-state index contributed by atoms with van der Waals surface area (Å²) < 4.78 is 79.8. The molecule has 10 nitrogen and oxygen atoms in total. The van der Waals surface area contributed by atoms with Gasteiger partial charge < -0.3 is 19.9 Å². The maximum absolute atomic E-state index is 16.5. The van der Waals surface area contributed by atoms with Gasteiger partial charge in [-0.05, 0) is 50.4 Å². The Balaban J connectivity index is 1.46. The number of aryl methyl sites for hydroxylation is 1. The quantitative estimate of drug-likeness (QED) is 0.274. The van der Waals surface area contributed by atoms with Crippen molar-refractivity contribution in [2.45, 2.75) is 56.5 Å². The van der Waals surface area contributed by atoms with Crippen molar-refractivity contribution in [1.29, 1.82) is 0 Å². The number of likely N-dealkylation sites (tertiary alicyclic amines) is 1. The number of amides is 1. The molecule has 3 atom stereocenters. The number of hydrogen-bond acceptors (Lipinski definition) is 9. The first kappa shape index (κ1) is 31.8. The van der Waals surface area contributed by atoms with E-state index in [1.165, 1.54) is 32.3 Å². The third-order valence-electron chi connectivity index (χ3n) is 9.39. The molecule has 246 valence electrons. The van der Waals surface area contributed by atoms with Crippen LogP contribution in [-0.2, 0) is 11.0 Å². The number of likely N-dealkylation sites (N-methyl/N-ethyl adjacent to an activating group) is 1. The number of nitrogens with one attached hydrogen (secondary N) is 1. The van der Waals surface area contributed by atoms with Gasteiger partial charge in [-0.25, -0.2) is 13.8 Å². The van der Waals surface area contributed by atoms with Crippen molar-refractivity contribution in [3.8, 4) is 17.4 Å². The predicted octanol–water partition coefficient (Wildman–Crippen LogP) is 4.77. The van der Waals surface area contributed by atoms with Crippen LogP contribution in [0, 0.1) is 12.7 Å². The lowest BCUT2D eigenvalue weighted by molar-refractivity contribution is -0.137. The van der Waals surface area contributed by atoms with Gasteiger partial charge in [-0.2, -0.15) is 23.1 Å². The molecule has 0 aliphatic carbocycles. The largest absolute Gasteiger partial charge is 0.461 e. The standard InChI is InChI=1S/C31H35F5N8O2/c1-5-22(45)43-10-7-19(15-43)42(4)28-20-13-38-27(26-23(31(34,35)36)17(2)11-21(37-3)39-26)24(33)25(20)40-29(41-28)46-16-30-8-6-9-44(30)14-18(32)12-30/h5,11,13,18-19H,1,6-10,12,14-16H2,2-4H3,(H,37,39)/t18-,19-,30+/m1/s1. The number of rotatable bonds is 8. The first-order valence-electron chi connectivity index (χ1n) is 15.1. The van der Waals surface area contributed by atoms with E-state index in [1.807, 2.05) is 0 Å². The Morgan fingerprint density at radius 3 is 2.74 bits per heavy atom. The Bertz CT molecular complexity index is 1690. The second-order valence-electron chi connectivity index (χ2n) is 12.2. The Hall–Kier alpha value is -4.14. The zero-order chi connectivity index (χ0) is 33.0. The van der Waals surface area contributed by atoms with Crippen LogP contribution in [0.5, 0.6) is 6.01 Å². The number of aromatic nitrogens is 4. The molecule has 3 fully saturated rings. The fourth-order valence-corrected chi connectivity index (χ4v) is 7.06. The van der Waals surface area contributed by atoms with Gasteiger partial charge >= 0.3 is 12.2 Å². The molecule has 3 saturated heterocycles. The molecule has 0 bridgehead atoms. The summed E-state index contributed by atoms with van der Waals surface area (Å²) in [4.78, 5) is 34.9. The molecular formula is C31H35F5N8O2. The van der Waals surface area contributed by atoms with E-state index in [-0.39, 0.29) is 59.1 Å². The highest BCUT2D eigenvalue weighted by atomic mass is 19.4. The van der Waals surface area contributed by atoms with Crippen molar-refractivity contribution in [1.82, 2.24) is 29.7 Å². The molecule has 3 aliphatic rings. The van der Waals surface area contributed by atoms with Crippen molar-refractivity contribution >= 4 is 28.4 Å². The van der Waals surface area contributed by atoms with Gasteiger partial charge in [0.05, 0.1) is 16.5 Å². The van der Waals surface area contributed by atoms with Gasteiger partial charge in [-0.15, -0.1) is 0 Å². The summed E-state index contributed by atoms with van der Waals surface area (Å²) in [6.45, 7) is 6.75. The van der Waals surface area contributed by atoms with Crippen molar-refractivity contribution in [2.24, 2.45) is 0 Å². The third kappa shape index (κ3) is 5.58. The minimum atomic E-state index is -4.84. The highest BCUT2D eigenvalue weighted by molar-refractivity contribution is 5.92. The smallest absolute Gasteiger partial charge is 0.418 e. The molecule has 0 aromatic carbocycles. The number of carbonyl (C=O) groups is 1. The highest BCUT2D eigenvalue weighted by Gasteiger charge is 2.49. The van der Waals surface area contributed by atoms with Crippen molar-refractivity contribution in [3.05, 3.63) is 41.9 Å². The number of ether oxygens (including phenoxy) is 1. The van der Waals surface area contributed by atoms with Crippen LogP contribution >= 0.6 is 0 Å².